The lowest BCUT2D eigenvalue weighted by molar-refractivity contribution is -0.146. The zero-order valence-corrected chi connectivity index (χ0v) is 21.0. The molecular weight excluding hydrogens is 488 g/mol. The summed E-state index contributed by atoms with van der Waals surface area (Å²) in [5.74, 6) is 0.143. The van der Waals surface area contributed by atoms with Gasteiger partial charge < -0.3 is 29.7 Å². The number of hydrogen-bond donors (Lipinski definition) is 2. The molecule has 1 aromatic carbocycles. The van der Waals surface area contributed by atoms with Gasteiger partial charge in [0.05, 0.1) is 37.1 Å². The van der Waals surface area contributed by atoms with E-state index in [4.69, 9.17) is 25.8 Å². The number of benzene rings is 1. The monoisotopic (exact) mass is 516 g/mol. The number of nitrogens with one attached hydrogen (secondary N) is 2. The second kappa shape index (κ2) is 11.6. The average Bonchev–Trinajstić information content (AvgIpc) is 2.90. The van der Waals surface area contributed by atoms with Gasteiger partial charge in [-0.1, -0.05) is 11.6 Å². The van der Waals surface area contributed by atoms with Crippen molar-refractivity contribution < 1.29 is 28.6 Å². The lowest BCUT2D eigenvalue weighted by Crippen LogP contribution is -2.49. The van der Waals surface area contributed by atoms with Crippen LogP contribution in [0.15, 0.2) is 30.5 Å². The van der Waals surface area contributed by atoms with Gasteiger partial charge in [-0.15, -0.1) is 0 Å². The lowest BCUT2D eigenvalue weighted by Gasteiger charge is -2.38. The minimum Gasteiger partial charge on any atom is -0.493 e. The van der Waals surface area contributed by atoms with E-state index in [-0.39, 0.29) is 35.9 Å². The highest BCUT2D eigenvalue weighted by Gasteiger charge is 2.33. The van der Waals surface area contributed by atoms with Crippen LogP contribution in [0.5, 0.6) is 11.5 Å². The number of anilines is 2. The zero-order chi connectivity index (χ0) is 25.7. The molecule has 0 unspecified atom stereocenters. The maximum absolute atomic E-state index is 13.2. The number of morpholine rings is 1. The van der Waals surface area contributed by atoms with Crippen molar-refractivity contribution in [2.45, 2.75) is 31.7 Å². The highest BCUT2D eigenvalue weighted by molar-refractivity contribution is 6.30. The predicted molar refractivity (Wildman–Crippen MR) is 134 cm³/mol. The maximum atomic E-state index is 13.2. The van der Waals surface area contributed by atoms with Gasteiger partial charge in [0.1, 0.15) is 12.4 Å². The van der Waals surface area contributed by atoms with E-state index in [2.05, 4.69) is 15.6 Å². The number of carbonyl (C=O) groups excluding carboxylic acids is 3. The van der Waals surface area contributed by atoms with Crippen LogP contribution >= 0.6 is 11.6 Å². The summed E-state index contributed by atoms with van der Waals surface area (Å²) in [5, 5.41) is 6.06. The summed E-state index contributed by atoms with van der Waals surface area (Å²) in [6, 6.07) is 6.40. The molecule has 0 bridgehead atoms. The number of aromatic nitrogens is 1. The Balaban J connectivity index is 1.48. The molecule has 2 N–H and O–H groups in total. The van der Waals surface area contributed by atoms with E-state index < -0.39 is 5.91 Å². The topological polar surface area (TPSA) is 119 Å². The molecule has 2 aliphatic rings. The van der Waals surface area contributed by atoms with Gasteiger partial charge in [0.2, 0.25) is 11.8 Å². The first kappa shape index (κ1) is 25.7. The molecule has 0 spiro atoms. The number of pyridine rings is 1. The van der Waals surface area contributed by atoms with Gasteiger partial charge in [-0.3, -0.25) is 14.4 Å². The first-order valence-corrected chi connectivity index (χ1v) is 12.1. The van der Waals surface area contributed by atoms with Crippen LogP contribution in [0, 0.1) is 5.92 Å². The first-order valence-electron chi connectivity index (χ1n) is 11.8. The van der Waals surface area contributed by atoms with Crippen molar-refractivity contribution in [1.82, 2.24) is 9.88 Å². The average molecular weight is 517 g/mol. The molecule has 1 aliphatic heterocycles. The summed E-state index contributed by atoms with van der Waals surface area (Å²) in [5.41, 5.74) is 0.500. The molecule has 1 aromatic heterocycles. The Kier molecular flexibility index (Phi) is 8.27. The second-order valence-electron chi connectivity index (χ2n) is 8.70. The van der Waals surface area contributed by atoms with E-state index in [1.54, 1.807) is 18.2 Å². The van der Waals surface area contributed by atoms with Gasteiger partial charge in [0.25, 0.3) is 5.91 Å². The van der Waals surface area contributed by atoms with Crippen molar-refractivity contribution in [3.8, 4) is 11.5 Å². The van der Waals surface area contributed by atoms with Crippen LogP contribution in [0.1, 0.15) is 36.0 Å². The fourth-order valence-electron chi connectivity index (χ4n) is 4.60. The van der Waals surface area contributed by atoms with E-state index in [1.165, 1.54) is 26.5 Å². The predicted octanol–water partition coefficient (Wildman–Crippen LogP) is 3.36. The summed E-state index contributed by atoms with van der Waals surface area (Å²) >= 11 is 5.88. The fourth-order valence-corrected chi connectivity index (χ4v) is 4.72. The molecule has 1 aliphatic carbocycles. The highest BCUT2D eigenvalue weighted by Crippen LogP contribution is 2.35. The minimum atomic E-state index is -0.476. The molecule has 2 fully saturated rings. The van der Waals surface area contributed by atoms with E-state index in [0.717, 1.165) is 12.8 Å². The van der Waals surface area contributed by atoms with Crippen molar-refractivity contribution >= 4 is 40.8 Å². The number of rotatable bonds is 7. The zero-order valence-electron chi connectivity index (χ0n) is 20.2. The van der Waals surface area contributed by atoms with Crippen LogP contribution < -0.4 is 20.1 Å². The van der Waals surface area contributed by atoms with Crippen LogP contribution in [-0.2, 0) is 14.3 Å². The summed E-state index contributed by atoms with van der Waals surface area (Å²) in [6.45, 7) is 1.25. The molecule has 1 saturated heterocycles. The number of ether oxygens (including phenoxy) is 3. The van der Waals surface area contributed by atoms with Crippen LogP contribution in [0.3, 0.4) is 0 Å². The van der Waals surface area contributed by atoms with Crippen molar-refractivity contribution in [1.29, 1.82) is 0 Å². The normalized spacial score (nSPS) is 20.0. The van der Waals surface area contributed by atoms with Crippen LogP contribution in [-0.4, -0.2) is 67.6 Å². The van der Waals surface area contributed by atoms with Crippen LogP contribution in [0.25, 0.3) is 0 Å². The van der Waals surface area contributed by atoms with Gasteiger partial charge in [0, 0.05) is 30.8 Å². The molecule has 36 heavy (non-hydrogen) atoms. The summed E-state index contributed by atoms with van der Waals surface area (Å²) in [7, 11) is 2.95. The standard InChI is InChI=1S/C25H29ClN4O6/c1-34-20-11-18(25(33)29-22-8-5-16(26)13-27-22)19(12-21(20)35-2)28-24(32)15-3-6-17(7-4-15)30-9-10-36-14-23(30)31/h5,8,11-13,15,17H,3-4,6-7,9-10,14H2,1-2H3,(H,28,32)(H,27,29,33). The Morgan fingerprint density at radius 2 is 1.81 bits per heavy atom. The SMILES string of the molecule is COc1cc(NC(=O)C2CCC(N3CCOCC3=O)CC2)c(C(=O)Nc2ccc(Cl)cn2)cc1OC. The molecule has 1 saturated carbocycles. The Morgan fingerprint density at radius 1 is 1.08 bits per heavy atom. The number of amides is 3. The van der Waals surface area contributed by atoms with Gasteiger partial charge in [-0.05, 0) is 43.9 Å². The maximum Gasteiger partial charge on any atom is 0.259 e. The van der Waals surface area contributed by atoms with Crippen molar-refractivity contribution in [3.63, 3.8) is 0 Å². The van der Waals surface area contributed by atoms with E-state index in [1.807, 2.05) is 4.90 Å². The fraction of sp³-hybridized carbons (Fsp3) is 0.440. The molecule has 4 rings (SSSR count). The van der Waals surface area contributed by atoms with Crippen molar-refractivity contribution in [2.24, 2.45) is 5.92 Å². The Morgan fingerprint density at radius 3 is 2.44 bits per heavy atom. The Bertz CT molecular complexity index is 1120. The minimum absolute atomic E-state index is 0.00492. The van der Waals surface area contributed by atoms with E-state index >= 15 is 0 Å². The van der Waals surface area contributed by atoms with E-state index in [0.29, 0.717) is 54.0 Å². The second-order valence-corrected chi connectivity index (χ2v) is 9.14. The van der Waals surface area contributed by atoms with Crippen molar-refractivity contribution in [2.75, 3.05) is 44.6 Å². The number of nitrogens with zero attached hydrogens (tertiary/aromatic N) is 2. The van der Waals surface area contributed by atoms with Crippen LogP contribution in [0.4, 0.5) is 11.5 Å². The molecule has 3 amide bonds. The number of hydrogen-bond acceptors (Lipinski definition) is 7. The van der Waals surface area contributed by atoms with Gasteiger partial charge in [0.15, 0.2) is 11.5 Å². The third-order valence-corrected chi connectivity index (χ3v) is 6.75. The number of methoxy groups -OCH3 is 2. The third kappa shape index (κ3) is 5.88. The molecule has 11 heteroatoms. The van der Waals surface area contributed by atoms with Gasteiger partial charge in [-0.25, -0.2) is 4.98 Å². The molecular formula is C25H29ClN4O6. The van der Waals surface area contributed by atoms with E-state index in [9.17, 15) is 14.4 Å². The molecule has 10 nitrogen and oxygen atoms in total. The highest BCUT2D eigenvalue weighted by atomic mass is 35.5. The summed E-state index contributed by atoms with van der Waals surface area (Å²) < 4.78 is 16.0. The van der Waals surface area contributed by atoms with Crippen molar-refractivity contribution in [3.05, 3.63) is 41.0 Å². The third-order valence-electron chi connectivity index (χ3n) is 6.53. The molecule has 2 heterocycles. The smallest absolute Gasteiger partial charge is 0.259 e. The molecule has 192 valence electrons. The number of carbonyl (C=O) groups is 3. The largest absolute Gasteiger partial charge is 0.493 e. The quantitative estimate of drug-likeness (QED) is 0.579. The van der Waals surface area contributed by atoms with Gasteiger partial charge in [-0.2, -0.15) is 0 Å². The summed E-state index contributed by atoms with van der Waals surface area (Å²) in [6.07, 6.45) is 4.20. The molecule has 2 aromatic rings. The summed E-state index contributed by atoms with van der Waals surface area (Å²) in [4.78, 5) is 44.4. The van der Waals surface area contributed by atoms with Gasteiger partial charge >= 0.3 is 0 Å². The molecule has 0 radical (unpaired) electrons. The first-order chi connectivity index (χ1) is 17.4. The Labute approximate surface area is 214 Å². The molecule has 0 atom stereocenters. The van der Waals surface area contributed by atoms with Crippen LogP contribution in [0.2, 0.25) is 5.02 Å². The Hall–Kier alpha value is -3.37. The lowest BCUT2D eigenvalue weighted by atomic mass is 9.84. The number of halogens is 1.